The van der Waals surface area contributed by atoms with E-state index in [1.165, 1.54) is 0 Å². The average Bonchev–Trinajstić information content (AvgIpc) is 3.79. The van der Waals surface area contributed by atoms with E-state index >= 15 is 0 Å². The molecule has 2 aromatic carbocycles. The summed E-state index contributed by atoms with van der Waals surface area (Å²) in [6, 6.07) is 5.73. The zero-order chi connectivity index (χ0) is 36.0. The number of carbonyl (C=O) groups is 3. The van der Waals surface area contributed by atoms with Crippen LogP contribution in [0.3, 0.4) is 0 Å². The van der Waals surface area contributed by atoms with E-state index in [9.17, 15) is 29.7 Å². The SMILES string of the molecule is CCOC(=O)C1=C(C=O)/C(=C2\C[C@H](CO)C(=O)[C@@H](c3ccc4c(c3)=CCN=4)C2)c2c(c(CO)c3c(c2OC2CCCCC2)C[C@@H](C(C)(C)O)O3)O1. The number of fused-ring (bicyclic) bond motifs is 3. The third-order valence-corrected chi connectivity index (χ3v) is 10.8. The molecule has 3 heterocycles. The lowest BCUT2D eigenvalue weighted by Crippen LogP contribution is -2.39. The number of hydrogen-bond donors (Lipinski definition) is 3. The van der Waals surface area contributed by atoms with Gasteiger partial charge in [-0.05, 0) is 82.2 Å². The lowest BCUT2D eigenvalue weighted by atomic mass is 9.71. The van der Waals surface area contributed by atoms with Crippen molar-refractivity contribution in [3.8, 4) is 17.2 Å². The molecule has 11 heteroatoms. The Morgan fingerprint density at radius 3 is 2.57 bits per heavy atom. The first-order valence-corrected chi connectivity index (χ1v) is 18.0. The van der Waals surface area contributed by atoms with E-state index in [0.29, 0.717) is 46.6 Å². The van der Waals surface area contributed by atoms with Gasteiger partial charge in [-0.1, -0.05) is 24.1 Å². The molecular weight excluding hydrogens is 654 g/mol. The molecule has 0 unspecified atom stereocenters. The number of aliphatic hydroxyl groups is 3. The minimum Gasteiger partial charge on any atom is -0.489 e. The van der Waals surface area contributed by atoms with E-state index in [1.54, 1.807) is 20.8 Å². The number of benzene rings is 2. The lowest BCUT2D eigenvalue weighted by molar-refractivity contribution is -0.141. The van der Waals surface area contributed by atoms with Gasteiger partial charge in [0, 0.05) is 29.4 Å². The molecule has 2 aliphatic carbocycles. The predicted octanol–water partition coefficient (Wildman–Crippen LogP) is 3.30. The summed E-state index contributed by atoms with van der Waals surface area (Å²) in [4.78, 5) is 45.2. The fourth-order valence-corrected chi connectivity index (χ4v) is 8.17. The Bertz CT molecular complexity index is 1960. The van der Waals surface area contributed by atoms with Crippen LogP contribution in [0, 0.1) is 5.92 Å². The van der Waals surface area contributed by atoms with E-state index in [0.717, 1.165) is 48.2 Å². The summed E-state index contributed by atoms with van der Waals surface area (Å²) in [6.45, 7) is 4.57. The number of ketones is 1. The first-order chi connectivity index (χ1) is 24.6. The maximum Gasteiger partial charge on any atom is 0.375 e. The van der Waals surface area contributed by atoms with Gasteiger partial charge in [0.25, 0.3) is 0 Å². The largest absolute Gasteiger partial charge is 0.489 e. The third kappa shape index (κ3) is 6.29. The van der Waals surface area contributed by atoms with Crippen LogP contribution in [-0.2, 0) is 32.1 Å². The van der Waals surface area contributed by atoms with Crippen molar-refractivity contribution in [3.63, 3.8) is 0 Å². The van der Waals surface area contributed by atoms with Gasteiger partial charge in [-0.15, -0.1) is 0 Å². The van der Waals surface area contributed by atoms with Gasteiger partial charge >= 0.3 is 5.97 Å². The summed E-state index contributed by atoms with van der Waals surface area (Å²) < 4.78 is 25.0. The maximum atomic E-state index is 14.0. The van der Waals surface area contributed by atoms with Gasteiger partial charge in [0.1, 0.15) is 29.1 Å². The van der Waals surface area contributed by atoms with E-state index in [2.05, 4.69) is 4.99 Å². The molecule has 0 spiro atoms. The molecule has 0 aromatic heterocycles. The second-order valence-electron chi connectivity index (χ2n) is 14.6. The quantitative estimate of drug-likeness (QED) is 0.262. The molecule has 51 heavy (non-hydrogen) atoms. The lowest BCUT2D eigenvalue weighted by Gasteiger charge is -2.35. The van der Waals surface area contributed by atoms with Gasteiger partial charge in [-0.3, -0.25) is 14.6 Å². The van der Waals surface area contributed by atoms with Crippen LogP contribution in [0.5, 0.6) is 17.2 Å². The second kappa shape index (κ2) is 14.0. The third-order valence-electron chi connectivity index (χ3n) is 10.8. The molecule has 0 radical (unpaired) electrons. The van der Waals surface area contributed by atoms with Crippen molar-refractivity contribution >= 4 is 29.7 Å². The number of hydrogen-bond acceptors (Lipinski definition) is 11. The topological polar surface area (TPSA) is 161 Å². The van der Waals surface area contributed by atoms with Crippen LogP contribution in [0.1, 0.15) is 93.9 Å². The predicted molar refractivity (Wildman–Crippen MR) is 186 cm³/mol. The number of rotatable bonds is 9. The number of aliphatic hydroxyl groups excluding tert-OH is 2. The number of carbonyl (C=O) groups excluding carboxylic acids is 3. The van der Waals surface area contributed by atoms with Crippen LogP contribution >= 0.6 is 0 Å². The number of allylic oxidation sites excluding steroid dienone is 3. The smallest absolute Gasteiger partial charge is 0.375 e. The van der Waals surface area contributed by atoms with Crippen molar-refractivity contribution in [1.29, 1.82) is 0 Å². The highest BCUT2D eigenvalue weighted by Gasteiger charge is 2.46. The summed E-state index contributed by atoms with van der Waals surface area (Å²) in [5, 5.41) is 34.3. The van der Waals surface area contributed by atoms with Crippen molar-refractivity contribution in [2.24, 2.45) is 10.9 Å². The Hall–Kier alpha value is -4.32. The van der Waals surface area contributed by atoms with Crippen LogP contribution in [0.2, 0.25) is 0 Å². The molecule has 0 bridgehead atoms. The van der Waals surface area contributed by atoms with Crippen molar-refractivity contribution in [2.45, 2.75) is 102 Å². The Morgan fingerprint density at radius 1 is 1.10 bits per heavy atom. The molecule has 0 amide bonds. The summed E-state index contributed by atoms with van der Waals surface area (Å²) >= 11 is 0. The average molecular weight is 700 g/mol. The van der Waals surface area contributed by atoms with E-state index in [1.807, 2.05) is 24.3 Å². The molecule has 2 saturated carbocycles. The zero-order valence-corrected chi connectivity index (χ0v) is 29.3. The first-order valence-electron chi connectivity index (χ1n) is 18.0. The van der Waals surface area contributed by atoms with E-state index < -0.39 is 42.7 Å². The maximum absolute atomic E-state index is 14.0. The minimum atomic E-state index is -1.26. The summed E-state index contributed by atoms with van der Waals surface area (Å²) in [5.74, 6) is -1.95. The Balaban J connectivity index is 1.51. The number of Topliss-reactive ketones (excluding diaryl/α,β-unsaturated/α-hetero) is 1. The summed E-state index contributed by atoms with van der Waals surface area (Å²) in [5.41, 5.74) is 1.73. The van der Waals surface area contributed by atoms with Crippen LogP contribution < -0.4 is 24.8 Å². The van der Waals surface area contributed by atoms with Gasteiger partial charge in [0.05, 0.1) is 60.1 Å². The fourth-order valence-electron chi connectivity index (χ4n) is 8.17. The summed E-state index contributed by atoms with van der Waals surface area (Å²) in [6.07, 6.45) is 6.97. The number of esters is 1. The highest BCUT2D eigenvalue weighted by atomic mass is 16.6. The molecule has 7 rings (SSSR count). The van der Waals surface area contributed by atoms with E-state index in [4.69, 9.17) is 18.9 Å². The molecule has 270 valence electrons. The molecule has 3 aliphatic heterocycles. The van der Waals surface area contributed by atoms with Crippen LogP contribution in [-0.4, -0.2) is 70.9 Å². The van der Waals surface area contributed by atoms with Crippen LogP contribution in [0.15, 0.2) is 40.1 Å². The molecule has 3 N–H and O–H groups in total. The van der Waals surface area contributed by atoms with Crippen molar-refractivity contribution < 1.29 is 48.7 Å². The van der Waals surface area contributed by atoms with Crippen molar-refractivity contribution in [1.82, 2.24) is 0 Å². The molecular formula is C40H45NO10. The normalized spacial score (nSPS) is 24.4. The van der Waals surface area contributed by atoms with Gasteiger partial charge in [-0.2, -0.15) is 0 Å². The monoisotopic (exact) mass is 699 g/mol. The minimum absolute atomic E-state index is 0.0187. The van der Waals surface area contributed by atoms with Crippen molar-refractivity contribution in [2.75, 3.05) is 19.8 Å². The molecule has 11 nitrogen and oxygen atoms in total. The molecule has 2 fully saturated rings. The standard InChI is InChI=1S/C40H45NO10/c1-4-48-39(46)38-28(19-43)32(23-15-24(18-42)34(45)26(16-23)21-10-11-30-22(14-21)12-13-41-30)33-36(49-25-8-6-5-7-9-25)27-17-31(40(2,3)47)50-35(27)29(20-44)37(33)51-38/h10-12,14,19,24-26,31,42,44,47H,4-9,13,15-18,20H2,1-3H3/b32-23-/t24-,26-,31+/m1/s1. The van der Waals surface area contributed by atoms with Crippen LogP contribution in [0.25, 0.3) is 11.6 Å². The van der Waals surface area contributed by atoms with Crippen LogP contribution in [0.4, 0.5) is 0 Å². The number of nitrogens with zero attached hydrogens (tertiary/aromatic N) is 1. The molecule has 0 saturated heterocycles. The highest BCUT2D eigenvalue weighted by molar-refractivity contribution is 6.11. The summed E-state index contributed by atoms with van der Waals surface area (Å²) in [7, 11) is 0. The molecule has 2 aromatic rings. The van der Waals surface area contributed by atoms with E-state index in [-0.39, 0.29) is 60.4 Å². The van der Waals surface area contributed by atoms with Gasteiger partial charge in [-0.25, -0.2) is 4.79 Å². The van der Waals surface area contributed by atoms with Gasteiger partial charge in [0.2, 0.25) is 5.76 Å². The molecule has 5 aliphatic rings. The fraction of sp³-hybridized carbons (Fsp3) is 0.500. The van der Waals surface area contributed by atoms with Crippen molar-refractivity contribution in [3.05, 3.63) is 67.9 Å². The zero-order valence-electron chi connectivity index (χ0n) is 29.3. The molecule has 3 atom stereocenters. The van der Waals surface area contributed by atoms with Gasteiger partial charge in [0.15, 0.2) is 6.29 Å². The second-order valence-corrected chi connectivity index (χ2v) is 14.6. The highest BCUT2D eigenvalue weighted by Crippen LogP contribution is 2.57. The Labute approximate surface area is 296 Å². The Kier molecular flexibility index (Phi) is 9.64. The Morgan fingerprint density at radius 2 is 1.88 bits per heavy atom. The first kappa shape index (κ1) is 35.1. The van der Waals surface area contributed by atoms with Gasteiger partial charge < -0.3 is 34.3 Å². The number of aldehydes is 1. The number of ether oxygens (including phenoxy) is 4.